The minimum atomic E-state index is -4.32. The number of aromatic nitrogens is 1. The standard InChI is InChI=1S/C8H11F3N2S/c1-5(2)12-3-6-4-13-7(14-6)8(9,10)11/h4-5,12H,3H2,1-2H3. The van der Waals surface area contributed by atoms with Crippen LogP contribution in [-0.4, -0.2) is 11.0 Å². The first-order chi connectivity index (χ1) is 6.39. The van der Waals surface area contributed by atoms with E-state index in [9.17, 15) is 13.2 Å². The van der Waals surface area contributed by atoms with Crippen LogP contribution in [0.1, 0.15) is 23.7 Å². The summed E-state index contributed by atoms with van der Waals surface area (Å²) in [5, 5.41) is 2.25. The van der Waals surface area contributed by atoms with Crippen molar-refractivity contribution < 1.29 is 13.2 Å². The minimum Gasteiger partial charge on any atom is -0.310 e. The van der Waals surface area contributed by atoms with Gasteiger partial charge in [0.15, 0.2) is 5.01 Å². The number of hydrogen-bond acceptors (Lipinski definition) is 3. The van der Waals surface area contributed by atoms with Crippen molar-refractivity contribution in [1.82, 2.24) is 10.3 Å². The molecule has 0 aliphatic carbocycles. The molecule has 0 aliphatic heterocycles. The lowest BCUT2D eigenvalue weighted by molar-refractivity contribution is -0.137. The molecule has 1 aromatic heterocycles. The molecule has 0 fully saturated rings. The number of halogens is 3. The lowest BCUT2D eigenvalue weighted by atomic mass is 10.4. The molecule has 80 valence electrons. The molecule has 0 saturated carbocycles. The van der Waals surface area contributed by atoms with Crippen molar-refractivity contribution in [1.29, 1.82) is 0 Å². The Kier molecular flexibility index (Phi) is 3.49. The fraction of sp³-hybridized carbons (Fsp3) is 0.625. The van der Waals surface area contributed by atoms with E-state index in [0.717, 1.165) is 0 Å². The second-order valence-corrected chi connectivity index (χ2v) is 4.28. The van der Waals surface area contributed by atoms with Gasteiger partial charge in [-0.2, -0.15) is 13.2 Å². The highest BCUT2D eigenvalue weighted by Gasteiger charge is 2.34. The van der Waals surface area contributed by atoms with Crippen LogP contribution in [0.15, 0.2) is 6.20 Å². The predicted octanol–water partition coefficient (Wildman–Crippen LogP) is 2.66. The topological polar surface area (TPSA) is 24.9 Å². The van der Waals surface area contributed by atoms with Gasteiger partial charge in [-0.1, -0.05) is 13.8 Å². The van der Waals surface area contributed by atoms with Crippen LogP contribution in [0.3, 0.4) is 0 Å². The average molecular weight is 224 g/mol. The van der Waals surface area contributed by atoms with E-state index < -0.39 is 11.2 Å². The Morgan fingerprint density at radius 3 is 2.57 bits per heavy atom. The molecule has 0 saturated heterocycles. The third-order valence-corrected chi connectivity index (χ3v) is 2.52. The molecule has 14 heavy (non-hydrogen) atoms. The van der Waals surface area contributed by atoms with E-state index in [1.165, 1.54) is 6.20 Å². The van der Waals surface area contributed by atoms with Gasteiger partial charge in [0.1, 0.15) is 0 Å². The van der Waals surface area contributed by atoms with Crippen LogP contribution < -0.4 is 5.32 Å². The molecular formula is C8H11F3N2S. The highest BCUT2D eigenvalue weighted by molar-refractivity contribution is 7.11. The molecule has 0 unspecified atom stereocenters. The van der Waals surface area contributed by atoms with Crippen molar-refractivity contribution in [3.05, 3.63) is 16.1 Å². The number of hydrogen-bond donors (Lipinski definition) is 1. The van der Waals surface area contributed by atoms with E-state index in [1.54, 1.807) is 0 Å². The first kappa shape index (κ1) is 11.5. The number of nitrogens with one attached hydrogen (secondary N) is 1. The van der Waals surface area contributed by atoms with E-state index in [2.05, 4.69) is 10.3 Å². The fourth-order valence-electron chi connectivity index (χ4n) is 0.825. The van der Waals surface area contributed by atoms with E-state index in [1.807, 2.05) is 13.8 Å². The van der Waals surface area contributed by atoms with Crippen LogP contribution in [-0.2, 0) is 12.7 Å². The molecular weight excluding hydrogens is 213 g/mol. The molecule has 1 aromatic rings. The van der Waals surface area contributed by atoms with Crippen LogP contribution in [0.25, 0.3) is 0 Å². The van der Waals surface area contributed by atoms with Gasteiger partial charge < -0.3 is 5.32 Å². The molecule has 0 bridgehead atoms. The molecule has 1 rings (SSSR count). The van der Waals surface area contributed by atoms with E-state index in [-0.39, 0.29) is 6.04 Å². The maximum Gasteiger partial charge on any atom is 0.443 e. The normalized spacial score (nSPS) is 12.4. The zero-order valence-electron chi connectivity index (χ0n) is 7.85. The third-order valence-electron chi connectivity index (χ3n) is 1.48. The largest absolute Gasteiger partial charge is 0.443 e. The summed E-state index contributed by atoms with van der Waals surface area (Å²) in [6.07, 6.45) is -3.05. The molecule has 0 aliphatic rings. The fourth-order valence-corrected chi connectivity index (χ4v) is 1.56. The van der Waals surface area contributed by atoms with Gasteiger partial charge in [-0.3, -0.25) is 0 Å². The van der Waals surface area contributed by atoms with Crippen LogP contribution in [0.5, 0.6) is 0 Å². The van der Waals surface area contributed by atoms with Gasteiger partial charge in [0.05, 0.1) is 0 Å². The number of nitrogens with zero attached hydrogens (tertiary/aromatic N) is 1. The first-order valence-electron chi connectivity index (χ1n) is 4.15. The van der Waals surface area contributed by atoms with Crippen molar-refractivity contribution in [2.24, 2.45) is 0 Å². The highest BCUT2D eigenvalue weighted by Crippen LogP contribution is 2.32. The lowest BCUT2D eigenvalue weighted by Crippen LogP contribution is -2.21. The minimum absolute atomic E-state index is 0.256. The molecule has 6 heteroatoms. The van der Waals surface area contributed by atoms with Gasteiger partial charge >= 0.3 is 6.18 Å². The van der Waals surface area contributed by atoms with Crippen LogP contribution in [0.2, 0.25) is 0 Å². The Balaban J connectivity index is 2.60. The maximum absolute atomic E-state index is 12.1. The Morgan fingerprint density at radius 2 is 2.14 bits per heavy atom. The molecule has 0 atom stereocenters. The van der Waals surface area contributed by atoms with E-state index >= 15 is 0 Å². The number of alkyl halides is 3. The van der Waals surface area contributed by atoms with Gasteiger partial charge in [-0.05, 0) is 0 Å². The summed E-state index contributed by atoms with van der Waals surface area (Å²) >= 11 is 0.683. The Morgan fingerprint density at radius 1 is 1.50 bits per heavy atom. The van der Waals surface area contributed by atoms with Crippen LogP contribution >= 0.6 is 11.3 Å². The summed E-state index contributed by atoms with van der Waals surface area (Å²) in [7, 11) is 0. The smallest absolute Gasteiger partial charge is 0.310 e. The number of rotatable bonds is 3. The third kappa shape index (κ3) is 3.26. The molecule has 1 heterocycles. The zero-order chi connectivity index (χ0) is 10.8. The molecule has 1 N–H and O–H groups in total. The zero-order valence-corrected chi connectivity index (χ0v) is 8.67. The van der Waals surface area contributed by atoms with Crippen molar-refractivity contribution in [2.75, 3.05) is 0 Å². The summed E-state index contributed by atoms with van der Waals surface area (Å²) in [4.78, 5) is 3.92. The SMILES string of the molecule is CC(C)NCc1cnc(C(F)(F)F)s1. The lowest BCUT2D eigenvalue weighted by Gasteiger charge is -2.04. The highest BCUT2D eigenvalue weighted by atomic mass is 32.1. The summed E-state index contributed by atoms with van der Waals surface area (Å²) in [5.41, 5.74) is 0. The number of thiazole rings is 1. The average Bonchev–Trinajstić information content (AvgIpc) is 2.47. The van der Waals surface area contributed by atoms with Crippen molar-refractivity contribution in [3.63, 3.8) is 0 Å². The molecule has 2 nitrogen and oxygen atoms in total. The van der Waals surface area contributed by atoms with Crippen molar-refractivity contribution in [3.8, 4) is 0 Å². The summed E-state index contributed by atoms with van der Waals surface area (Å²) < 4.78 is 36.4. The molecule has 0 aromatic carbocycles. The summed E-state index contributed by atoms with van der Waals surface area (Å²) in [6.45, 7) is 4.31. The van der Waals surface area contributed by atoms with Gasteiger partial charge in [0.25, 0.3) is 0 Å². The molecule has 0 spiro atoms. The quantitative estimate of drug-likeness (QED) is 0.853. The monoisotopic (exact) mass is 224 g/mol. The van der Waals surface area contributed by atoms with Gasteiger partial charge in [-0.25, -0.2) is 4.98 Å². The van der Waals surface area contributed by atoms with Crippen LogP contribution in [0.4, 0.5) is 13.2 Å². The first-order valence-corrected chi connectivity index (χ1v) is 4.96. The van der Waals surface area contributed by atoms with Crippen molar-refractivity contribution >= 4 is 11.3 Å². The second-order valence-electron chi connectivity index (χ2n) is 3.17. The Bertz CT molecular complexity index is 293. The Labute approximate surface area is 84.2 Å². The van der Waals surface area contributed by atoms with Gasteiger partial charge in [0.2, 0.25) is 0 Å². The van der Waals surface area contributed by atoms with Gasteiger partial charge in [0, 0.05) is 23.7 Å². The van der Waals surface area contributed by atoms with E-state index in [4.69, 9.17) is 0 Å². The predicted molar refractivity (Wildman–Crippen MR) is 49.1 cm³/mol. The van der Waals surface area contributed by atoms with Crippen LogP contribution in [0, 0.1) is 0 Å². The van der Waals surface area contributed by atoms with E-state index in [0.29, 0.717) is 22.8 Å². The Hall–Kier alpha value is -0.620. The molecule has 0 amide bonds. The summed E-state index contributed by atoms with van der Waals surface area (Å²) in [5.74, 6) is 0. The van der Waals surface area contributed by atoms with Gasteiger partial charge in [-0.15, -0.1) is 11.3 Å². The maximum atomic E-state index is 12.1. The van der Waals surface area contributed by atoms with Crippen molar-refractivity contribution in [2.45, 2.75) is 32.6 Å². The second kappa shape index (κ2) is 4.27. The summed E-state index contributed by atoms with van der Waals surface area (Å²) in [6, 6.07) is 0.256. The molecule has 0 radical (unpaired) electrons.